The highest BCUT2D eigenvalue weighted by Crippen LogP contribution is 2.18. The van der Waals surface area contributed by atoms with Crippen molar-refractivity contribution < 1.29 is 4.74 Å². The van der Waals surface area contributed by atoms with Gasteiger partial charge in [-0.2, -0.15) is 5.10 Å². The molecule has 1 aliphatic rings. The van der Waals surface area contributed by atoms with Gasteiger partial charge in [-0.15, -0.1) is 0 Å². The van der Waals surface area contributed by atoms with Crippen molar-refractivity contribution in [2.75, 3.05) is 19.1 Å². The summed E-state index contributed by atoms with van der Waals surface area (Å²) in [7, 11) is 1.61. The number of para-hydroxylation sites is 1. The zero-order chi connectivity index (χ0) is 20.1. The van der Waals surface area contributed by atoms with Crippen LogP contribution in [0, 0.1) is 0 Å². The van der Waals surface area contributed by atoms with Gasteiger partial charge >= 0.3 is 0 Å². The van der Waals surface area contributed by atoms with Crippen LogP contribution in [0.5, 0.6) is 5.75 Å². The highest BCUT2D eigenvalue weighted by molar-refractivity contribution is 5.83. The largest absolute Gasteiger partial charge is 0.496 e. The van der Waals surface area contributed by atoms with Crippen LogP contribution in [0.15, 0.2) is 64.5 Å². The molecule has 0 saturated heterocycles. The molecule has 0 atom stereocenters. The molecule has 0 bridgehead atoms. The number of fused-ring (bicyclic) bond motifs is 1. The lowest BCUT2D eigenvalue weighted by Gasteiger charge is -2.27. The molecule has 2 N–H and O–H groups in total. The lowest BCUT2D eigenvalue weighted by atomic mass is 10.1. The van der Waals surface area contributed by atoms with Crippen LogP contribution in [0.2, 0.25) is 0 Å². The Labute approximate surface area is 169 Å². The van der Waals surface area contributed by atoms with Crippen LogP contribution in [0.3, 0.4) is 0 Å². The number of nitrogens with one attached hydrogen (secondary N) is 2. The summed E-state index contributed by atoms with van der Waals surface area (Å²) in [5.74, 6) is 1.07. The maximum absolute atomic E-state index is 12.6. The van der Waals surface area contributed by atoms with E-state index < -0.39 is 0 Å². The maximum atomic E-state index is 12.6. The Morgan fingerprint density at radius 2 is 2.00 bits per heavy atom. The van der Waals surface area contributed by atoms with Crippen molar-refractivity contribution in [3.63, 3.8) is 0 Å². The first-order chi connectivity index (χ1) is 14.2. The summed E-state index contributed by atoms with van der Waals surface area (Å²) >= 11 is 0. The molecule has 0 radical (unpaired) electrons. The number of methoxy groups -OCH3 is 1. The van der Waals surface area contributed by atoms with Crippen molar-refractivity contribution in [1.29, 1.82) is 0 Å². The minimum absolute atomic E-state index is 0.122. The SMILES string of the molecule is COc1ccccc1/C=N\Nc1nc2c(c(=O)[nH]1)CN(Cc1ccccc1)CC2. The topological polar surface area (TPSA) is 82.6 Å². The van der Waals surface area contributed by atoms with Crippen LogP contribution >= 0.6 is 0 Å². The molecule has 2 heterocycles. The molecule has 148 valence electrons. The van der Waals surface area contributed by atoms with Crippen molar-refractivity contribution in [2.24, 2.45) is 5.10 Å². The molecule has 1 aromatic heterocycles. The smallest absolute Gasteiger partial charge is 0.257 e. The zero-order valence-electron chi connectivity index (χ0n) is 16.3. The van der Waals surface area contributed by atoms with Crippen LogP contribution < -0.4 is 15.7 Å². The first kappa shape index (κ1) is 18.9. The highest BCUT2D eigenvalue weighted by Gasteiger charge is 2.21. The molecule has 7 nitrogen and oxygen atoms in total. The average Bonchev–Trinajstić information content (AvgIpc) is 2.75. The van der Waals surface area contributed by atoms with Gasteiger partial charge in [-0.25, -0.2) is 10.4 Å². The van der Waals surface area contributed by atoms with Gasteiger partial charge < -0.3 is 4.74 Å². The molecule has 0 unspecified atom stereocenters. The van der Waals surface area contributed by atoms with E-state index in [9.17, 15) is 4.79 Å². The van der Waals surface area contributed by atoms with E-state index >= 15 is 0 Å². The first-order valence-corrected chi connectivity index (χ1v) is 9.53. The summed E-state index contributed by atoms with van der Waals surface area (Å²) in [6.45, 7) is 2.28. The second-order valence-electron chi connectivity index (χ2n) is 6.90. The molecule has 7 heteroatoms. The van der Waals surface area contributed by atoms with Gasteiger partial charge in [-0.3, -0.25) is 14.7 Å². The lowest BCUT2D eigenvalue weighted by molar-refractivity contribution is 0.242. The quantitative estimate of drug-likeness (QED) is 0.500. The molecule has 0 aliphatic carbocycles. The third kappa shape index (κ3) is 4.52. The number of nitrogens with zero attached hydrogens (tertiary/aromatic N) is 3. The minimum atomic E-state index is -0.122. The Morgan fingerprint density at radius 3 is 2.83 bits per heavy atom. The van der Waals surface area contributed by atoms with E-state index in [1.54, 1.807) is 13.3 Å². The number of benzene rings is 2. The van der Waals surface area contributed by atoms with Gasteiger partial charge in [-0.1, -0.05) is 42.5 Å². The predicted octanol–water partition coefficient (Wildman–Crippen LogP) is 2.78. The van der Waals surface area contributed by atoms with E-state index in [1.165, 1.54) is 5.56 Å². The molecule has 1 aliphatic heterocycles. The van der Waals surface area contributed by atoms with Gasteiger partial charge in [0.2, 0.25) is 5.95 Å². The predicted molar refractivity (Wildman–Crippen MR) is 113 cm³/mol. The molecule has 29 heavy (non-hydrogen) atoms. The van der Waals surface area contributed by atoms with E-state index in [1.807, 2.05) is 42.5 Å². The molecular weight excluding hydrogens is 366 g/mol. The lowest BCUT2D eigenvalue weighted by Crippen LogP contribution is -2.35. The zero-order valence-corrected chi connectivity index (χ0v) is 16.3. The minimum Gasteiger partial charge on any atom is -0.496 e. The molecule has 0 spiro atoms. The molecule has 4 rings (SSSR count). The summed E-state index contributed by atoms with van der Waals surface area (Å²) < 4.78 is 5.30. The van der Waals surface area contributed by atoms with Gasteiger partial charge in [0.25, 0.3) is 5.56 Å². The van der Waals surface area contributed by atoms with Crippen molar-refractivity contribution in [2.45, 2.75) is 19.5 Å². The van der Waals surface area contributed by atoms with Crippen LogP contribution in [0.1, 0.15) is 22.4 Å². The number of ether oxygens (including phenoxy) is 1. The molecule has 0 saturated carbocycles. The number of anilines is 1. The van der Waals surface area contributed by atoms with E-state index in [4.69, 9.17) is 4.74 Å². The van der Waals surface area contributed by atoms with Crippen molar-refractivity contribution >= 4 is 12.2 Å². The summed E-state index contributed by atoms with van der Waals surface area (Å²) in [5.41, 5.74) is 6.33. The third-order valence-corrected chi connectivity index (χ3v) is 4.91. The number of hydrogen-bond donors (Lipinski definition) is 2. The number of rotatable bonds is 6. The fraction of sp³-hybridized carbons (Fsp3) is 0.227. The van der Waals surface area contributed by atoms with Crippen molar-refractivity contribution in [1.82, 2.24) is 14.9 Å². The fourth-order valence-electron chi connectivity index (χ4n) is 3.45. The second-order valence-corrected chi connectivity index (χ2v) is 6.90. The highest BCUT2D eigenvalue weighted by atomic mass is 16.5. The molecule has 2 aromatic carbocycles. The molecular formula is C22H23N5O2. The Hall–Kier alpha value is -3.45. The van der Waals surface area contributed by atoms with Gasteiger partial charge in [0.1, 0.15) is 5.75 Å². The summed E-state index contributed by atoms with van der Waals surface area (Å²) in [4.78, 5) is 22.2. The van der Waals surface area contributed by atoms with Crippen molar-refractivity contribution in [3.05, 3.63) is 87.3 Å². The molecule has 0 amide bonds. The third-order valence-electron chi connectivity index (χ3n) is 4.91. The average molecular weight is 389 g/mol. The molecule has 0 fully saturated rings. The monoisotopic (exact) mass is 389 g/mol. The van der Waals surface area contributed by atoms with Crippen molar-refractivity contribution in [3.8, 4) is 5.75 Å². The Kier molecular flexibility index (Phi) is 5.67. The number of aromatic amines is 1. The van der Waals surface area contributed by atoms with Gasteiger partial charge in [0.05, 0.1) is 24.6 Å². The number of hydrogen-bond acceptors (Lipinski definition) is 6. The van der Waals surface area contributed by atoms with Gasteiger partial charge in [0, 0.05) is 31.6 Å². The standard InChI is InChI=1S/C22H23N5O2/c1-29-20-10-6-5-9-17(20)13-23-26-22-24-19-11-12-27(15-18(19)21(28)25-22)14-16-7-3-2-4-8-16/h2-10,13H,11-12,14-15H2,1H3,(H2,24,25,26,28)/b23-13-. The number of hydrazone groups is 1. The fourth-order valence-corrected chi connectivity index (χ4v) is 3.45. The van der Waals surface area contributed by atoms with E-state index in [0.717, 1.165) is 42.1 Å². The maximum Gasteiger partial charge on any atom is 0.257 e. The van der Waals surface area contributed by atoms with Crippen LogP contribution in [0.4, 0.5) is 5.95 Å². The number of H-pyrrole nitrogens is 1. The van der Waals surface area contributed by atoms with Crippen LogP contribution in [0.25, 0.3) is 0 Å². The first-order valence-electron chi connectivity index (χ1n) is 9.53. The van der Waals surface area contributed by atoms with Crippen LogP contribution in [-0.4, -0.2) is 34.7 Å². The summed E-state index contributed by atoms with van der Waals surface area (Å²) in [6, 6.07) is 17.8. The van der Waals surface area contributed by atoms with E-state index in [0.29, 0.717) is 12.5 Å². The van der Waals surface area contributed by atoms with E-state index in [2.05, 4.69) is 37.5 Å². The van der Waals surface area contributed by atoms with Gasteiger partial charge in [-0.05, 0) is 17.7 Å². The van der Waals surface area contributed by atoms with Crippen LogP contribution in [-0.2, 0) is 19.5 Å². The Balaban J connectivity index is 1.45. The Morgan fingerprint density at radius 1 is 1.21 bits per heavy atom. The normalized spacial score (nSPS) is 14.0. The van der Waals surface area contributed by atoms with Gasteiger partial charge in [0.15, 0.2) is 0 Å². The summed E-state index contributed by atoms with van der Waals surface area (Å²) in [5, 5.41) is 4.18. The number of aromatic nitrogens is 2. The second kappa shape index (κ2) is 8.70. The van der Waals surface area contributed by atoms with E-state index in [-0.39, 0.29) is 5.56 Å². The molecule has 3 aromatic rings. The Bertz CT molecular complexity index is 1060. The summed E-state index contributed by atoms with van der Waals surface area (Å²) in [6.07, 6.45) is 2.37.